The number of alkyl halides is 1. The molecule has 5 heteroatoms. The van der Waals surface area contributed by atoms with Crippen LogP contribution in [0.15, 0.2) is 53.0 Å². The summed E-state index contributed by atoms with van der Waals surface area (Å²) in [6.45, 7) is 1.81. The van der Waals surface area contributed by atoms with Crippen LogP contribution in [0, 0.1) is 5.82 Å². The number of hydrogen-bond acceptors (Lipinski definition) is 1. The van der Waals surface area contributed by atoms with Crippen molar-refractivity contribution in [3.05, 3.63) is 69.9 Å². The Morgan fingerprint density at radius 3 is 2.52 bits per heavy atom. The Balaban J connectivity index is 2.28. The van der Waals surface area contributed by atoms with Gasteiger partial charge in [0.1, 0.15) is 5.82 Å². The van der Waals surface area contributed by atoms with Gasteiger partial charge < -0.3 is 5.32 Å². The highest BCUT2D eigenvalue weighted by Crippen LogP contribution is 2.23. The van der Waals surface area contributed by atoms with Gasteiger partial charge in [0.25, 0.3) is 5.91 Å². The van der Waals surface area contributed by atoms with Crippen LogP contribution in [0.1, 0.15) is 22.8 Å². The lowest BCUT2D eigenvalue weighted by atomic mass is 9.93. The molecule has 1 atom stereocenters. The quantitative estimate of drug-likeness (QED) is 0.790. The average Bonchev–Trinajstić information content (AvgIpc) is 2.47. The topological polar surface area (TPSA) is 29.1 Å². The number of benzene rings is 2. The summed E-state index contributed by atoms with van der Waals surface area (Å²) in [5, 5.41) is 2.81. The maximum absolute atomic E-state index is 13.9. The minimum absolute atomic E-state index is 0.00882. The molecular formula is C16H14BrClFNO. The zero-order chi connectivity index (χ0) is 15.5. The zero-order valence-corrected chi connectivity index (χ0v) is 13.7. The second-order valence-corrected chi connectivity index (χ2v) is 6.09. The van der Waals surface area contributed by atoms with Gasteiger partial charge in [-0.2, -0.15) is 0 Å². The van der Waals surface area contributed by atoms with E-state index in [0.717, 1.165) is 5.56 Å². The summed E-state index contributed by atoms with van der Waals surface area (Å²) in [7, 11) is 0. The maximum atomic E-state index is 13.9. The first kappa shape index (κ1) is 16.0. The van der Waals surface area contributed by atoms with Crippen molar-refractivity contribution in [1.82, 2.24) is 5.32 Å². The van der Waals surface area contributed by atoms with Crippen LogP contribution in [0.3, 0.4) is 0 Å². The van der Waals surface area contributed by atoms with Gasteiger partial charge in [-0.3, -0.25) is 4.79 Å². The van der Waals surface area contributed by atoms with Crippen LogP contribution in [0.25, 0.3) is 0 Å². The third-order valence-electron chi connectivity index (χ3n) is 3.24. The number of halogens is 3. The molecule has 1 amide bonds. The van der Waals surface area contributed by atoms with Crippen LogP contribution in [0.5, 0.6) is 0 Å². The van der Waals surface area contributed by atoms with Crippen molar-refractivity contribution < 1.29 is 9.18 Å². The van der Waals surface area contributed by atoms with Crippen molar-refractivity contribution in [2.75, 3.05) is 5.88 Å². The molecule has 0 aliphatic heterocycles. The molecular weight excluding hydrogens is 357 g/mol. The van der Waals surface area contributed by atoms with Crippen molar-refractivity contribution >= 4 is 33.4 Å². The van der Waals surface area contributed by atoms with Gasteiger partial charge in [-0.05, 0) is 30.7 Å². The van der Waals surface area contributed by atoms with E-state index >= 15 is 0 Å². The second-order valence-electron chi connectivity index (χ2n) is 4.91. The van der Waals surface area contributed by atoms with Crippen LogP contribution in [-0.2, 0) is 5.54 Å². The predicted molar refractivity (Wildman–Crippen MR) is 86.1 cm³/mol. The molecule has 0 fully saturated rings. The smallest absolute Gasteiger partial charge is 0.254 e. The van der Waals surface area contributed by atoms with E-state index in [1.54, 1.807) is 6.07 Å². The molecule has 21 heavy (non-hydrogen) atoms. The van der Waals surface area contributed by atoms with Crippen LogP contribution in [-0.4, -0.2) is 11.8 Å². The van der Waals surface area contributed by atoms with E-state index in [1.165, 1.54) is 12.1 Å². The molecule has 110 valence electrons. The first-order valence-electron chi connectivity index (χ1n) is 6.35. The Morgan fingerprint density at radius 1 is 1.29 bits per heavy atom. The summed E-state index contributed by atoms with van der Waals surface area (Å²) in [5.41, 5.74) is 0.0933. The highest BCUT2D eigenvalue weighted by atomic mass is 79.9. The minimum Gasteiger partial charge on any atom is -0.341 e. The van der Waals surface area contributed by atoms with Gasteiger partial charge in [-0.15, -0.1) is 11.6 Å². The SMILES string of the molecule is CC(CCl)(NC(=O)c1ccc(Br)cc1F)c1ccccc1. The lowest BCUT2D eigenvalue weighted by Gasteiger charge is -2.29. The molecule has 2 rings (SSSR count). The number of hydrogen-bond donors (Lipinski definition) is 1. The molecule has 1 unspecified atom stereocenters. The molecule has 1 N–H and O–H groups in total. The van der Waals surface area contributed by atoms with Crippen molar-refractivity contribution in [2.24, 2.45) is 0 Å². The second kappa shape index (κ2) is 6.58. The van der Waals surface area contributed by atoms with E-state index in [4.69, 9.17) is 11.6 Å². The van der Waals surface area contributed by atoms with Gasteiger partial charge in [-0.1, -0.05) is 46.3 Å². The third kappa shape index (κ3) is 3.63. The van der Waals surface area contributed by atoms with Gasteiger partial charge in [-0.25, -0.2) is 4.39 Å². The van der Waals surface area contributed by atoms with Crippen molar-refractivity contribution in [1.29, 1.82) is 0 Å². The highest BCUT2D eigenvalue weighted by Gasteiger charge is 2.28. The van der Waals surface area contributed by atoms with E-state index in [2.05, 4.69) is 21.2 Å². The molecule has 2 aromatic carbocycles. The molecule has 0 aliphatic carbocycles. The van der Waals surface area contributed by atoms with Gasteiger partial charge >= 0.3 is 0 Å². The van der Waals surface area contributed by atoms with Crippen LogP contribution in [0.4, 0.5) is 4.39 Å². The van der Waals surface area contributed by atoms with Crippen molar-refractivity contribution in [3.8, 4) is 0 Å². The number of carbonyl (C=O) groups is 1. The van der Waals surface area contributed by atoms with Crippen LogP contribution in [0.2, 0.25) is 0 Å². The summed E-state index contributed by atoms with van der Waals surface area (Å²) >= 11 is 9.19. The maximum Gasteiger partial charge on any atom is 0.254 e. The molecule has 2 nitrogen and oxygen atoms in total. The van der Waals surface area contributed by atoms with Crippen molar-refractivity contribution in [3.63, 3.8) is 0 Å². The fraction of sp³-hybridized carbons (Fsp3) is 0.188. The third-order valence-corrected chi connectivity index (χ3v) is 4.27. The number of carbonyl (C=O) groups excluding carboxylic acids is 1. The Morgan fingerprint density at radius 2 is 1.95 bits per heavy atom. The van der Waals surface area contributed by atoms with Gasteiger partial charge in [0.2, 0.25) is 0 Å². The molecule has 2 aromatic rings. The minimum atomic E-state index is -0.764. The Labute approximate surface area is 136 Å². The molecule has 0 saturated heterocycles. The predicted octanol–water partition coefficient (Wildman–Crippen LogP) is 4.47. The highest BCUT2D eigenvalue weighted by molar-refractivity contribution is 9.10. The standard InChI is InChI=1S/C16H14BrClFNO/c1-16(10-18,11-5-3-2-4-6-11)20-15(21)13-8-7-12(17)9-14(13)19/h2-9H,10H2,1H3,(H,20,21). The van der Waals surface area contributed by atoms with Crippen LogP contribution < -0.4 is 5.32 Å². The van der Waals surface area contributed by atoms with Gasteiger partial charge in [0, 0.05) is 10.4 Å². The Hall–Kier alpha value is -1.39. The fourth-order valence-corrected chi connectivity index (χ4v) is 2.53. The molecule has 0 heterocycles. The summed E-state index contributed by atoms with van der Waals surface area (Å²) in [5.74, 6) is -0.889. The number of amides is 1. The first-order valence-corrected chi connectivity index (χ1v) is 7.68. The molecule has 0 saturated carbocycles. The zero-order valence-electron chi connectivity index (χ0n) is 11.4. The first-order chi connectivity index (χ1) is 9.96. The molecule has 0 aliphatic rings. The van der Waals surface area contributed by atoms with E-state index in [9.17, 15) is 9.18 Å². The van der Waals surface area contributed by atoms with E-state index in [0.29, 0.717) is 4.47 Å². The Bertz CT molecular complexity index is 650. The number of rotatable bonds is 4. The molecule has 0 radical (unpaired) electrons. The van der Waals surface area contributed by atoms with Gasteiger partial charge in [0.05, 0.1) is 11.1 Å². The summed E-state index contributed by atoms with van der Waals surface area (Å²) in [6.07, 6.45) is 0. The number of nitrogens with one attached hydrogen (secondary N) is 1. The van der Waals surface area contributed by atoms with E-state index < -0.39 is 17.3 Å². The Kier molecular flexibility index (Phi) is 5.01. The van der Waals surface area contributed by atoms with Crippen LogP contribution >= 0.6 is 27.5 Å². The van der Waals surface area contributed by atoms with Gasteiger partial charge in [0.15, 0.2) is 0 Å². The van der Waals surface area contributed by atoms with E-state index in [1.807, 2.05) is 37.3 Å². The lowest BCUT2D eigenvalue weighted by molar-refractivity contribution is 0.0909. The summed E-state index contributed by atoms with van der Waals surface area (Å²) in [4.78, 5) is 12.3. The average molecular weight is 371 g/mol. The van der Waals surface area contributed by atoms with Crippen molar-refractivity contribution in [2.45, 2.75) is 12.5 Å². The molecule has 0 aromatic heterocycles. The molecule has 0 bridgehead atoms. The largest absolute Gasteiger partial charge is 0.341 e. The summed E-state index contributed by atoms with van der Waals surface area (Å²) < 4.78 is 14.4. The summed E-state index contributed by atoms with van der Waals surface area (Å²) in [6, 6.07) is 13.7. The lowest BCUT2D eigenvalue weighted by Crippen LogP contribution is -2.45. The fourth-order valence-electron chi connectivity index (χ4n) is 1.98. The normalized spacial score (nSPS) is 13.5. The molecule has 0 spiro atoms. The van der Waals surface area contributed by atoms with E-state index in [-0.39, 0.29) is 11.4 Å². The monoisotopic (exact) mass is 369 g/mol.